The van der Waals surface area contributed by atoms with Gasteiger partial charge in [0.2, 0.25) is 0 Å². The average molecular weight is 276 g/mol. The molecule has 0 bridgehead atoms. The van der Waals surface area contributed by atoms with Gasteiger partial charge >= 0.3 is 0 Å². The molecule has 1 aromatic carbocycles. The average Bonchev–Trinajstić information content (AvgIpc) is 2.72. The van der Waals surface area contributed by atoms with E-state index in [0.29, 0.717) is 5.92 Å². The molecule has 2 aliphatic rings. The molecule has 3 unspecified atom stereocenters. The van der Waals surface area contributed by atoms with Crippen LogP contribution in [-0.2, 0) is 15.6 Å². The molecule has 0 heterocycles. The Kier molecular flexibility index (Phi) is 3.34. The van der Waals surface area contributed by atoms with Crippen molar-refractivity contribution in [2.75, 3.05) is 0 Å². The van der Waals surface area contributed by atoms with Crippen molar-refractivity contribution in [3.8, 4) is 0 Å². The van der Waals surface area contributed by atoms with E-state index in [1.165, 1.54) is 6.42 Å². The standard InChI is InChI=1S/C16H20O2S/c1-16-10-6-5-7-12(16)11-14(15(16)17)19(18)13-8-3-2-4-9-13/h2-4,8-9,12,14H,5-7,10-11H2,1H3/t12?,14?,16-,19?/m0/s1. The normalized spacial score (nSPS) is 35.9. The molecule has 102 valence electrons. The highest BCUT2D eigenvalue weighted by Crippen LogP contribution is 2.51. The van der Waals surface area contributed by atoms with Crippen LogP contribution in [0.2, 0.25) is 0 Å². The number of carbonyl (C=O) groups is 1. The first-order valence-corrected chi connectivity index (χ1v) is 8.34. The molecule has 0 radical (unpaired) electrons. The number of ketones is 1. The number of Topliss-reactive ketones (excluding diaryl/α,β-unsaturated/α-hetero) is 1. The molecule has 2 aliphatic carbocycles. The Morgan fingerprint density at radius 3 is 2.63 bits per heavy atom. The predicted octanol–water partition coefficient (Wildman–Crippen LogP) is 3.33. The van der Waals surface area contributed by atoms with Crippen LogP contribution in [0.5, 0.6) is 0 Å². The first-order chi connectivity index (χ1) is 9.13. The molecule has 0 aromatic heterocycles. The molecule has 0 N–H and O–H groups in total. The smallest absolute Gasteiger partial charge is 0.154 e. The van der Waals surface area contributed by atoms with Gasteiger partial charge in [-0.15, -0.1) is 0 Å². The maximum absolute atomic E-state index is 12.7. The summed E-state index contributed by atoms with van der Waals surface area (Å²) in [7, 11) is -1.18. The maximum Gasteiger partial charge on any atom is 0.154 e. The largest absolute Gasteiger partial charge is 0.298 e. The Hall–Kier alpha value is -0.960. The minimum absolute atomic E-state index is 0.201. The van der Waals surface area contributed by atoms with Crippen molar-refractivity contribution in [1.82, 2.24) is 0 Å². The third-order valence-electron chi connectivity index (χ3n) is 4.99. The monoisotopic (exact) mass is 276 g/mol. The maximum atomic E-state index is 12.7. The van der Waals surface area contributed by atoms with Crippen LogP contribution >= 0.6 is 0 Å². The second kappa shape index (κ2) is 4.86. The molecule has 1 aromatic rings. The van der Waals surface area contributed by atoms with Crippen molar-refractivity contribution < 1.29 is 9.00 Å². The van der Waals surface area contributed by atoms with Crippen molar-refractivity contribution in [3.63, 3.8) is 0 Å². The van der Waals surface area contributed by atoms with Gasteiger partial charge in [-0.05, 0) is 37.3 Å². The number of rotatable bonds is 2. The zero-order valence-electron chi connectivity index (χ0n) is 11.3. The number of carbonyl (C=O) groups excluding carboxylic acids is 1. The van der Waals surface area contributed by atoms with Crippen LogP contribution in [0.3, 0.4) is 0 Å². The van der Waals surface area contributed by atoms with Gasteiger partial charge in [0.25, 0.3) is 0 Å². The summed E-state index contributed by atoms with van der Waals surface area (Å²) >= 11 is 0. The first kappa shape index (κ1) is 13.0. The molecule has 3 rings (SSSR count). The van der Waals surface area contributed by atoms with Crippen LogP contribution in [0.15, 0.2) is 35.2 Å². The summed E-state index contributed by atoms with van der Waals surface area (Å²) in [5.41, 5.74) is -0.201. The molecule has 19 heavy (non-hydrogen) atoms. The zero-order valence-corrected chi connectivity index (χ0v) is 12.1. The first-order valence-electron chi connectivity index (χ1n) is 7.13. The number of fused-ring (bicyclic) bond motifs is 1. The highest BCUT2D eigenvalue weighted by Gasteiger charge is 2.53. The molecule has 4 atom stereocenters. The van der Waals surface area contributed by atoms with Crippen molar-refractivity contribution >= 4 is 16.6 Å². The van der Waals surface area contributed by atoms with Crippen LogP contribution in [-0.4, -0.2) is 15.2 Å². The van der Waals surface area contributed by atoms with Crippen LogP contribution in [0.1, 0.15) is 39.0 Å². The van der Waals surface area contributed by atoms with Gasteiger partial charge in [-0.25, -0.2) is 0 Å². The summed E-state index contributed by atoms with van der Waals surface area (Å²) in [6, 6.07) is 9.43. The summed E-state index contributed by atoms with van der Waals surface area (Å²) < 4.78 is 12.6. The lowest BCUT2D eigenvalue weighted by Crippen LogP contribution is -2.35. The Bertz CT molecular complexity index is 511. The highest BCUT2D eigenvalue weighted by molar-refractivity contribution is 7.86. The number of benzene rings is 1. The van der Waals surface area contributed by atoms with E-state index in [1.54, 1.807) is 0 Å². The van der Waals surface area contributed by atoms with Gasteiger partial charge in [-0.2, -0.15) is 0 Å². The van der Waals surface area contributed by atoms with Crippen LogP contribution in [0, 0.1) is 11.3 Å². The van der Waals surface area contributed by atoms with Gasteiger partial charge < -0.3 is 0 Å². The van der Waals surface area contributed by atoms with Gasteiger partial charge in [0.05, 0.1) is 16.0 Å². The van der Waals surface area contributed by atoms with Crippen molar-refractivity contribution in [2.45, 2.75) is 49.2 Å². The van der Waals surface area contributed by atoms with Gasteiger partial charge in [-0.3, -0.25) is 9.00 Å². The molecular formula is C16H20O2S. The Morgan fingerprint density at radius 1 is 1.21 bits per heavy atom. The van der Waals surface area contributed by atoms with Gasteiger partial charge in [0.1, 0.15) is 0 Å². The topological polar surface area (TPSA) is 34.1 Å². The number of hydrogen-bond donors (Lipinski definition) is 0. The minimum Gasteiger partial charge on any atom is -0.298 e. The van der Waals surface area contributed by atoms with E-state index >= 15 is 0 Å². The van der Waals surface area contributed by atoms with Gasteiger partial charge in [0.15, 0.2) is 5.78 Å². The molecule has 2 saturated carbocycles. The van der Waals surface area contributed by atoms with Crippen molar-refractivity contribution in [1.29, 1.82) is 0 Å². The predicted molar refractivity (Wildman–Crippen MR) is 76.3 cm³/mol. The van der Waals surface area contributed by atoms with E-state index in [4.69, 9.17) is 0 Å². The summed E-state index contributed by atoms with van der Waals surface area (Å²) in [6.45, 7) is 2.10. The fraction of sp³-hybridized carbons (Fsp3) is 0.562. The van der Waals surface area contributed by atoms with Gasteiger partial charge in [-0.1, -0.05) is 38.0 Å². The summed E-state index contributed by atoms with van der Waals surface area (Å²) in [5, 5.41) is -0.282. The van der Waals surface area contributed by atoms with Crippen LogP contribution in [0.25, 0.3) is 0 Å². The van der Waals surface area contributed by atoms with Crippen molar-refractivity contribution in [2.24, 2.45) is 11.3 Å². The van der Waals surface area contributed by atoms with Crippen LogP contribution < -0.4 is 0 Å². The lowest BCUT2D eigenvalue weighted by atomic mass is 9.69. The van der Waals surface area contributed by atoms with E-state index in [0.717, 1.165) is 30.6 Å². The molecule has 0 saturated heterocycles. The SMILES string of the molecule is C[C@]12CCCCC1CC(S(=O)c1ccccc1)C2=O. The van der Waals surface area contributed by atoms with Gasteiger partial charge in [0, 0.05) is 10.3 Å². The van der Waals surface area contributed by atoms with Crippen LogP contribution in [0.4, 0.5) is 0 Å². The summed E-state index contributed by atoms with van der Waals surface area (Å²) in [6.07, 6.45) is 5.29. The Morgan fingerprint density at radius 2 is 1.95 bits per heavy atom. The summed E-state index contributed by atoms with van der Waals surface area (Å²) in [4.78, 5) is 13.5. The fourth-order valence-electron chi connectivity index (χ4n) is 3.74. The molecule has 3 heteroatoms. The van der Waals surface area contributed by atoms with E-state index in [9.17, 15) is 9.00 Å². The summed E-state index contributed by atoms with van der Waals surface area (Å²) in [5.74, 6) is 0.700. The minimum atomic E-state index is -1.18. The lowest BCUT2D eigenvalue weighted by molar-refractivity contribution is -0.127. The molecule has 2 fully saturated rings. The Balaban J connectivity index is 1.87. The lowest BCUT2D eigenvalue weighted by Gasteiger charge is -2.34. The Labute approximate surface area is 117 Å². The zero-order chi connectivity index (χ0) is 13.5. The molecule has 2 nitrogen and oxygen atoms in total. The second-order valence-electron chi connectivity index (χ2n) is 6.06. The van der Waals surface area contributed by atoms with E-state index in [1.807, 2.05) is 30.3 Å². The molecule has 0 amide bonds. The third-order valence-corrected chi connectivity index (χ3v) is 6.65. The molecule has 0 aliphatic heterocycles. The quantitative estimate of drug-likeness (QED) is 0.830. The second-order valence-corrected chi connectivity index (χ2v) is 7.69. The number of hydrogen-bond acceptors (Lipinski definition) is 2. The molecular weight excluding hydrogens is 256 g/mol. The third kappa shape index (κ3) is 2.08. The van der Waals surface area contributed by atoms with Crippen molar-refractivity contribution in [3.05, 3.63) is 30.3 Å². The fourth-order valence-corrected chi connectivity index (χ4v) is 5.37. The highest BCUT2D eigenvalue weighted by atomic mass is 32.2. The van der Waals surface area contributed by atoms with E-state index in [2.05, 4.69) is 6.92 Å². The van der Waals surface area contributed by atoms with E-state index < -0.39 is 10.8 Å². The molecule has 0 spiro atoms. The van der Waals surface area contributed by atoms with E-state index in [-0.39, 0.29) is 16.4 Å².